The Morgan fingerprint density at radius 2 is 2.08 bits per heavy atom. The van der Waals surface area contributed by atoms with Crippen LogP contribution in [0.2, 0.25) is 0 Å². The molecule has 0 unspecified atom stereocenters. The number of anilines is 1. The van der Waals surface area contributed by atoms with E-state index in [0.717, 1.165) is 18.5 Å². The maximum absolute atomic E-state index is 12.5. The Kier molecular flexibility index (Phi) is 4.96. The topological polar surface area (TPSA) is 97.3 Å². The molecule has 2 fully saturated rings. The van der Waals surface area contributed by atoms with Crippen LogP contribution in [0.3, 0.4) is 0 Å². The van der Waals surface area contributed by atoms with E-state index < -0.39 is 0 Å². The number of rotatable bonds is 3. The average Bonchev–Trinajstić information content (AvgIpc) is 3.24. The van der Waals surface area contributed by atoms with Crippen LogP contribution in [0, 0.1) is 11.3 Å². The van der Waals surface area contributed by atoms with Crippen LogP contribution >= 0.6 is 0 Å². The standard InChI is InChI=1S/C17H21N5O2/c18-10-14-7-4-8-22(14)16(23)15-9-13(11-19-15)21-17(24)20-12-5-2-1-3-6-12/h1-3,5-6,13-15,19H,4,7-9,11H2,(H2,20,21,24)/t13-,14-,15-/m0/s1. The van der Waals surface area contributed by atoms with Crippen LogP contribution in [0.15, 0.2) is 30.3 Å². The van der Waals surface area contributed by atoms with Crippen LogP contribution in [0.25, 0.3) is 0 Å². The molecule has 3 amide bonds. The lowest BCUT2D eigenvalue weighted by Crippen LogP contribution is -2.45. The Morgan fingerprint density at radius 3 is 2.83 bits per heavy atom. The molecular weight excluding hydrogens is 306 g/mol. The van der Waals surface area contributed by atoms with Crippen LogP contribution < -0.4 is 16.0 Å². The van der Waals surface area contributed by atoms with Crippen LogP contribution in [-0.2, 0) is 4.79 Å². The molecule has 1 aromatic rings. The lowest BCUT2D eigenvalue weighted by molar-refractivity contribution is -0.133. The monoisotopic (exact) mass is 327 g/mol. The summed E-state index contributed by atoms with van der Waals surface area (Å²) < 4.78 is 0. The molecule has 0 spiro atoms. The minimum atomic E-state index is -0.332. The van der Waals surface area contributed by atoms with Crippen molar-refractivity contribution < 1.29 is 9.59 Å². The number of amides is 3. The number of urea groups is 1. The predicted molar refractivity (Wildman–Crippen MR) is 89.1 cm³/mol. The van der Waals surface area contributed by atoms with E-state index in [2.05, 4.69) is 22.0 Å². The maximum Gasteiger partial charge on any atom is 0.319 e. The highest BCUT2D eigenvalue weighted by molar-refractivity contribution is 5.89. The number of hydrogen-bond donors (Lipinski definition) is 3. The SMILES string of the molecule is N#C[C@@H]1CCCN1C(=O)[C@@H]1C[C@H](NC(=O)Nc2ccccc2)CN1. The molecule has 2 aliphatic rings. The van der Waals surface area contributed by atoms with E-state index >= 15 is 0 Å². The third-order valence-electron chi connectivity index (χ3n) is 4.48. The number of para-hydroxylation sites is 1. The average molecular weight is 327 g/mol. The molecular formula is C17H21N5O2. The summed E-state index contributed by atoms with van der Waals surface area (Å²) in [5.41, 5.74) is 0.725. The van der Waals surface area contributed by atoms with Gasteiger partial charge in [-0.25, -0.2) is 4.79 Å². The molecule has 3 N–H and O–H groups in total. The molecule has 0 aliphatic carbocycles. The number of carbonyl (C=O) groups is 2. The number of benzene rings is 1. The molecule has 0 radical (unpaired) electrons. The lowest BCUT2D eigenvalue weighted by atomic mass is 10.1. The third kappa shape index (κ3) is 3.66. The second-order valence-electron chi connectivity index (χ2n) is 6.18. The fraction of sp³-hybridized carbons (Fsp3) is 0.471. The highest BCUT2D eigenvalue weighted by Crippen LogP contribution is 2.20. The van der Waals surface area contributed by atoms with Crippen molar-refractivity contribution in [1.29, 1.82) is 5.26 Å². The minimum Gasteiger partial charge on any atom is -0.334 e. The Hall–Kier alpha value is -2.59. The summed E-state index contributed by atoms with van der Waals surface area (Å²) in [6.45, 7) is 1.19. The van der Waals surface area contributed by atoms with E-state index in [1.807, 2.05) is 30.3 Å². The number of likely N-dealkylation sites (tertiary alicyclic amines) is 1. The smallest absolute Gasteiger partial charge is 0.319 e. The van der Waals surface area contributed by atoms with Crippen molar-refractivity contribution in [2.45, 2.75) is 37.4 Å². The molecule has 2 saturated heterocycles. The molecule has 2 heterocycles. The van der Waals surface area contributed by atoms with Gasteiger partial charge in [0.2, 0.25) is 5.91 Å². The molecule has 0 aromatic heterocycles. The quantitative estimate of drug-likeness (QED) is 0.773. The van der Waals surface area contributed by atoms with Gasteiger partial charge in [-0.05, 0) is 31.4 Å². The van der Waals surface area contributed by atoms with Crippen LogP contribution in [0.4, 0.5) is 10.5 Å². The van der Waals surface area contributed by atoms with Crippen molar-refractivity contribution in [3.63, 3.8) is 0 Å². The molecule has 7 heteroatoms. The maximum atomic E-state index is 12.5. The van der Waals surface area contributed by atoms with E-state index in [0.29, 0.717) is 19.5 Å². The summed E-state index contributed by atoms with van der Waals surface area (Å²) in [6.07, 6.45) is 2.16. The van der Waals surface area contributed by atoms with E-state index in [1.54, 1.807) is 4.90 Å². The third-order valence-corrected chi connectivity index (χ3v) is 4.48. The van der Waals surface area contributed by atoms with Crippen LogP contribution in [0.5, 0.6) is 0 Å². The first-order valence-electron chi connectivity index (χ1n) is 8.23. The molecule has 1 aromatic carbocycles. The number of nitriles is 1. The second kappa shape index (κ2) is 7.32. The Labute approximate surface area is 141 Å². The van der Waals surface area contributed by atoms with Gasteiger partial charge in [-0.3, -0.25) is 4.79 Å². The Balaban J connectivity index is 1.49. The molecule has 3 atom stereocenters. The summed E-state index contributed by atoms with van der Waals surface area (Å²) >= 11 is 0. The number of hydrogen-bond acceptors (Lipinski definition) is 4. The van der Waals surface area contributed by atoms with Gasteiger partial charge in [0, 0.05) is 24.8 Å². The van der Waals surface area contributed by atoms with Crippen molar-refractivity contribution in [1.82, 2.24) is 15.5 Å². The summed E-state index contributed by atoms with van der Waals surface area (Å²) in [4.78, 5) is 26.2. The minimum absolute atomic E-state index is 0.0354. The first-order valence-corrected chi connectivity index (χ1v) is 8.23. The summed E-state index contributed by atoms with van der Waals surface area (Å²) in [5, 5.41) is 17.9. The fourth-order valence-electron chi connectivity index (χ4n) is 3.27. The van der Waals surface area contributed by atoms with Gasteiger partial charge in [-0.2, -0.15) is 5.26 Å². The van der Waals surface area contributed by atoms with Crippen molar-refractivity contribution >= 4 is 17.6 Å². The first-order chi connectivity index (χ1) is 11.7. The summed E-state index contributed by atoms with van der Waals surface area (Å²) in [5.74, 6) is -0.0354. The van der Waals surface area contributed by atoms with Gasteiger partial charge in [0.05, 0.1) is 12.1 Å². The van der Waals surface area contributed by atoms with E-state index in [1.165, 1.54) is 0 Å². The van der Waals surface area contributed by atoms with E-state index in [4.69, 9.17) is 5.26 Å². The predicted octanol–water partition coefficient (Wildman–Crippen LogP) is 1.05. The highest BCUT2D eigenvalue weighted by Gasteiger charge is 2.37. The highest BCUT2D eigenvalue weighted by atomic mass is 16.2. The van der Waals surface area contributed by atoms with Gasteiger partial charge in [0.15, 0.2) is 0 Å². The van der Waals surface area contributed by atoms with Crippen molar-refractivity contribution in [2.75, 3.05) is 18.4 Å². The first kappa shape index (κ1) is 16.3. The molecule has 126 valence electrons. The Morgan fingerprint density at radius 1 is 1.29 bits per heavy atom. The zero-order chi connectivity index (χ0) is 16.9. The van der Waals surface area contributed by atoms with E-state index in [-0.39, 0.29) is 30.1 Å². The Bertz CT molecular complexity index is 642. The molecule has 2 aliphatic heterocycles. The summed E-state index contributed by atoms with van der Waals surface area (Å²) in [6, 6.07) is 10.4. The van der Waals surface area contributed by atoms with Crippen molar-refractivity contribution in [3.05, 3.63) is 30.3 Å². The zero-order valence-corrected chi connectivity index (χ0v) is 13.4. The number of carbonyl (C=O) groups excluding carboxylic acids is 2. The van der Waals surface area contributed by atoms with Gasteiger partial charge in [0.25, 0.3) is 0 Å². The largest absolute Gasteiger partial charge is 0.334 e. The molecule has 3 rings (SSSR count). The molecule has 24 heavy (non-hydrogen) atoms. The van der Waals surface area contributed by atoms with Gasteiger partial charge < -0.3 is 20.9 Å². The van der Waals surface area contributed by atoms with Gasteiger partial charge >= 0.3 is 6.03 Å². The van der Waals surface area contributed by atoms with Gasteiger partial charge in [-0.15, -0.1) is 0 Å². The fourth-order valence-corrected chi connectivity index (χ4v) is 3.27. The van der Waals surface area contributed by atoms with Crippen molar-refractivity contribution in [3.8, 4) is 6.07 Å². The second-order valence-corrected chi connectivity index (χ2v) is 6.18. The molecule has 7 nitrogen and oxygen atoms in total. The van der Waals surface area contributed by atoms with Gasteiger partial charge in [0.1, 0.15) is 6.04 Å². The number of nitrogens with zero attached hydrogens (tertiary/aromatic N) is 2. The zero-order valence-electron chi connectivity index (χ0n) is 13.4. The lowest BCUT2D eigenvalue weighted by Gasteiger charge is -2.23. The van der Waals surface area contributed by atoms with Crippen LogP contribution in [-0.4, -0.2) is 48.1 Å². The van der Waals surface area contributed by atoms with Crippen LogP contribution in [0.1, 0.15) is 19.3 Å². The van der Waals surface area contributed by atoms with Crippen molar-refractivity contribution in [2.24, 2.45) is 0 Å². The van der Waals surface area contributed by atoms with E-state index in [9.17, 15) is 9.59 Å². The van der Waals surface area contributed by atoms with Gasteiger partial charge in [-0.1, -0.05) is 18.2 Å². The number of nitrogens with one attached hydrogen (secondary N) is 3. The normalized spacial score (nSPS) is 26.0. The molecule has 0 bridgehead atoms. The summed E-state index contributed by atoms with van der Waals surface area (Å²) in [7, 11) is 0. The molecule has 0 saturated carbocycles.